The summed E-state index contributed by atoms with van der Waals surface area (Å²) in [5.74, 6) is -2.05. The van der Waals surface area contributed by atoms with Gasteiger partial charge in [-0.05, 0) is 30.5 Å². The average molecular weight is 301 g/mol. The fourth-order valence-electron chi connectivity index (χ4n) is 2.55. The molecule has 1 fully saturated rings. The Kier molecular flexibility index (Phi) is 3.93. The molecule has 0 bridgehead atoms. The second kappa shape index (κ2) is 5.38. The first-order valence-corrected chi connectivity index (χ1v) is 6.43. The minimum atomic E-state index is -4.54. The molecule has 21 heavy (non-hydrogen) atoms. The topological polar surface area (TPSA) is 57.6 Å². The minimum absolute atomic E-state index is 0.148. The van der Waals surface area contributed by atoms with Crippen molar-refractivity contribution in [3.8, 4) is 0 Å². The predicted molar refractivity (Wildman–Crippen MR) is 67.7 cm³/mol. The van der Waals surface area contributed by atoms with Crippen molar-refractivity contribution in [2.75, 3.05) is 6.54 Å². The van der Waals surface area contributed by atoms with E-state index in [2.05, 4.69) is 0 Å². The lowest BCUT2D eigenvalue weighted by molar-refractivity contribution is -0.142. The van der Waals surface area contributed by atoms with Crippen LogP contribution in [-0.4, -0.2) is 34.5 Å². The van der Waals surface area contributed by atoms with Crippen LogP contribution in [0.3, 0.4) is 0 Å². The molecule has 2 unspecified atom stereocenters. The van der Waals surface area contributed by atoms with Gasteiger partial charge in [-0.3, -0.25) is 4.79 Å². The quantitative estimate of drug-likeness (QED) is 0.913. The number of nitrogens with zero attached hydrogens (tertiary/aromatic N) is 1. The van der Waals surface area contributed by atoms with Crippen LogP contribution in [0.5, 0.6) is 0 Å². The molecule has 0 aromatic heterocycles. The fourth-order valence-corrected chi connectivity index (χ4v) is 2.55. The minimum Gasteiger partial charge on any atom is -0.480 e. The highest BCUT2D eigenvalue weighted by molar-refractivity contribution is 5.97. The van der Waals surface area contributed by atoms with E-state index < -0.39 is 29.7 Å². The van der Waals surface area contributed by atoms with Gasteiger partial charge in [0.05, 0.1) is 5.56 Å². The first-order chi connectivity index (χ1) is 9.71. The van der Waals surface area contributed by atoms with Gasteiger partial charge in [-0.15, -0.1) is 0 Å². The molecule has 1 aromatic carbocycles. The number of likely N-dealkylation sites (tertiary alicyclic amines) is 1. The standard InChI is InChI=1S/C14H14F3NO3/c1-8-5-6-18(11(8)13(20)21)12(19)9-3-2-4-10(7-9)14(15,16)17/h2-4,7-8,11H,5-6H2,1H3,(H,20,21). The molecule has 1 amide bonds. The van der Waals surface area contributed by atoms with E-state index in [1.54, 1.807) is 6.92 Å². The van der Waals surface area contributed by atoms with Crippen LogP contribution in [0.2, 0.25) is 0 Å². The summed E-state index contributed by atoms with van der Waals surface area (Å²) < 4.78 is 38.0. The number of aliphatic carboxylic acids is 1. The molecule has 0 radical (unpaired) electrons. The number of hydrogen-bond donors (Lipinski definition) is 1. The van der Waals surface area contributed by atoms with E-state index in [0.717, 1.165) is 23.1 Å². The Balaban J connectivity index is 2.30. The zero-order valence-corrected chi connectivity index (χ0v) is 11.2. The summed E-state index contributed by atoms with van der Waals surface area (Å²) >= 11 is 0. The van der Waals surface area contributed by atoms with E-state index in [9.17, 15) is 22.8 Å². The highest BCUT2D eigenvalue weighted by Crippen LogP contribution is 2.31. The number of carboxylic acids is 1. The molecule has 1 aliphatic rings. The molecule has 0 aliphatic carbocycles. The second-order valence-corrected chi connectivity index (χ2v) is 5.13. The normalized spacial score (nSPS) is 22.4. The van der Waals surface area contributed by atoms with Crippen LogP contribution in [0.25, 0.3) is 0 Å². The first-order valence-electron chi connectivity index (χ1n) is 6.43. The molecule has 2 rings (SSSR count). The number of carbonyl (C=O) groups excluding carboxylic acids is 1. The Morgan fingerprint density at radius 1 is 1.33 bits per heavy atom. The van der Waals surface area contributed by atoms with Crippen molar-refractivity contribution < 1.29 is 27.9 Å². The van der Waals surface area contributed by atoms with E-state index in [4.69, 9.17) is 5.11 Å². The number of amides is 1. The van der Waals surface area contributed by atoms with Crippen LogP contribution in [0.1, 0.15) is 29.3 Å². The summed E-state index contributed by atoms with van der Waals surface area (Å²) in [5, 5.41) is 9.16. The number of benzene rings is 1. The number of rotatable bonds is 2. The number of carboxylic acid groups (broad SMARTS) is 1. The molecule has 7 heteroatoms. The zero-order chi connectivity index (χ0) is 15.8. The second-order valence-electron chi connectivity index (χ2n) is 5.13. The molecule has 1 N–H and O–H groups in total. The Bertz CT molecular complexity index is 571. The number of alkyl halides is 3. The summed E-state index contributed by atoms with van der Waals surface area (Å²) in [6.07, 6.45) is -4.03. The number of hydrogen-bond acceptors (Lipinski definition) is 2. The van der Waals surface area contributed by atoms with Gasteiger partial charge in [0.25, 0.3) is 5.91 Å². The summed E-state index contributed by atoms with van der Waals surface area (Å²) in [5.41, 5.74) is -1.07. The van der Waals surface area contributed by atoms with E-state index in [1.165, 1.54) is 6.07 Å². The summed E-state index contributed by atoms with van der Waals surface area (Å²) in [6.45, 7) is 1.94. The van der Waals surface area contributed by atoms with Crippen molar-refractivity contribution in [2.45, 2.75) is 25.6 Å². The third-order valence-electron chi connectivity index (χ3n) is 3.65. The maximum atomic E-state index is 12.7. The van der Waals surface area contributed by atoms with E-state index in [-0.39, 0.29) is 18.0 Å². The van der Waals surface area contributed by atoms with Gasteiger partial charge in [-0.2, -0.15) is 13.2 Å². The molecular weight excluding hydrogens is 287 g/mol. The maximum absolute atomic E-state index is 12.7. The first kappa shape index (κ1) is 15.3. The molecule has 1 aliphatic heterocycles. The largest absolute Gasteiger partial charge is 0.480 e. The van der Waals surface area contributed by atoms with Gasteiger partial charge in [0.1, 0.15) is 6.04 Å². The van der Waals surface area contributed by atoms with Gasteiger partial charge in [-0.25, -0.2) is 4.79 Å². The molecule has 0 saturated carbocycles. The Labute approximate surface area is 119 Å². The van der Waals surface area contributed by atoms with E-state index in [0.29, 0.717) is 6.42 Å². The molecule has 1 heterocycles. The monoisotopic (exact) mass is 301 g/mol. The van der Waals surface area contributed by atoms with Crippen LogP contribution < -0.4 is 0 Å². The van der Waals surface area contributed by atoms with Crippen LogP contribution in [0, 0.1) is 5.92 Å². The average Bonchev–Trinajstić information content (AvgIpc) is 2.79. The number of halogens is 3. The van der Waals surface area contributed by atoms with Crippen LogP contribution in [-0.2, 0) is 11.0 Å². The van der Waals surface area contributed by atoms with Gasteiger partial charge in [0.2, 0.25) is 0 Å². The molecule has 1 aromatic rings. The molecular formula is C14H14F3NO3. The fraction of sp³-hybridized carbons (Fsp3) is 0.429. The van der Waals surface area contributed by atoms with Gasteiger partial charge in [0, 0.05) is 12.1 Å². The third-order valence-corrected chi connectivity index (χ3v) is 3.65. The lowest BCUT2D eigenvalue weighted by Crippen LogP contribution is -2.42. The smallest absolute Gasteiger partial charge is 0.416 e. The lowest BCUT2D eigenvalue weighted by Gasteiger charge is -2.23. The molecule has 4 nitrogen and oxygen atoms in total. The van der Waals surface area contributed by atoms with Crippen LogP contribution in [0.4, 0.5) is 13.2 Å². The maximum Gasteiger partial charge on any atom is 0.416 e. The Hall–Kier alpha value is -2.05. The van der Waals surface area contributed by atoms with Gasteiger partial charge >= 0.3 is 12.1 Å². The molecule has 0 spiro atoms. The van der Waals surface area contributed by atoms with E-state index in [1.807, 2.05) is 0 Å². The predicted octanol–water partition coefficient (Wildman–Crippen LogP) is 2.64. The summed E-state index contributed by atoms with van der Waals surface area (Å²) in [6, 6.07) is 3.04. The van der Waals surface area contributed by atoms with Crippen molar-refractivity contribution in [3.63, 3.8) is 0 Å². The highest BCUT2D eigenvalue weighted by atomic mass is 19.4. The van der Waals surface area contributed by atoms with Crippen LogP contribution >= 0.6 is 0 Å². The molecule has 1 saturated heterocycles. The Morgan fingerprint density at radius 2 is 2.00 bits per heavy atom. The third kappa shape index (κ3) is 3.01. The Morgan fingerprint density at radius 3 is 2.57 bits per heavy atom. The van der Waals surface area contributed by atoms with Gasteiger partial charge < -0.3 is 10.0 Å². The van der Waals surface area contributed by atoms with Crippen molar-refractivity contribution in [1.82, 2.24) is 4.90 Å². The summed E-state index contributed by atoms with van der Waals surface area (Å²) in [7, 11) is 0. The van der Waals surface area contributed by atoms with Gasteiger partial charge in [-0.1, -0.05) is 13.0 Å². The number of carbonyl (C=O) groups is 2. The summed E-state index contributed by atoms with van der Waals surface area (Å²) in [4.78, 5) is 24.6. The highest BCUT2D eigenvalue weighted by Gasteiger charge is 2.40. The van der Waals surface area contributed by atoms with Crippen molar-refractivity contribution >= 4 is 11.9 Å². The van der Waals surface area contributed by atoms with Crippen molar-refractivity contribution in [3.05, 3.63) is 35.4 Å². The van der Waals surface area contributed by atoms with E-state index >= 15 is 0 Å². The molecule has 2 atom stereocenters. The van der Waals surface area contributed by atoms with Crippen LogP contribution in [0.15, 0.2) is 24.3 Å². The van der Waals surface area contributed by atoms with Gasteiger partial charge in [0.15, 0.2) is 0 Å². The molecule has 114 valence electrons. The SMILES string of the molecule is CC1CCN(C(=O)c2cccc(C(F)(F)F)c2)C1C(=O)O. The zero-order valence-electron chi connectivity index (χ0n) is 11.2. The van der Waals surface area contributed by atoms with Crippen molar-refractivity contribution in [1.29, 1.82) is 0 Å². The van der Waals surface area contributed by atoms with Crippen molar-refractivity contribution in [2.24, 2.45) is 5.92 Å². The lowest BCUT2D eigenvalue weighted by atomic mass is 10.0.